The predicted octanol–water partition coefficient (Wildman–Crippen LogP) is 1.74. The average Bonchev–Trinajstić information content (AvgIpc) is 2.21. The minimum absolute atomic E-state index is 0.0746. The number of nitrogens with zero attached hydrogens (tertiary/aromatic N) is 1. The lowest BCUT2D eigenvalue weighted by atomic mass is 10.2. The Bertz CT molecular complexity index is 395. The van der Waals surface area contributed by atoms with Crippen molar-refractivity contribution in [2.75, 3.05) is 20.2 Å². The molecule has 0 aliphatic carbocycles. The molecule has 0 bridgehead atoms. The number of hydrogen-bond donors (Lipinski definition) is 1. The zero-order chi connectivity index (χ0) is 12.8. The highest BCUT2D eigenvalue weighted by Crippen LogP contribution is 2.18. The smallest absolute Gasteiger partial charge is 0.317 e. The Balaban J connectivity index is 2.66. The molecular formula is C12H16FNO3. The number of hydrogen-bond acceptors (Lipinski definition) is 3. The maximum absolute atomic E-state index is 13.5. The number of aliphatic carboxylic acids is 1. The summed E-state index contributed by atoms with van der Waals surface area (Å²) in [5, 5.41) is 8.59. The minimum Gasteiger partial charge on any atom is -0.491 e. The second-order valence-electron chi connectivity index (χ2n) is 3.76. The van der Waals surface area contributed by atoms with Gasteiger partial charge in [-0.1, -0.05) is 6.07 Å². The van der Waals surface area contributed by atoms with Crippen LogP contribution < -0.4 is 4.74 Å². The Labute approximate surface area is 99.6 Å². The fraction of sp³-hybridized carbons (Fsp3) is 0.417. The predicted molar refractivity (Wildman–Crippen MR) is 61.5 cm³/mol. The molecule has 0 radical (unpaired) electrons. The maximum atomic E-state index is 13.5. The molecule has 1 rings (SSSR count). The highest BCUT2D eigenvalue weighted by molar-refractivity contribution is 5.69. The van der Waals surface area contributed by atoms with Crippen molar-refractivity contribution in [2.45, 2.75) is 13.5 Å². The summed E-state index contributed by atoms with van der Waals surface area (Å²) in [4.78, 5) is 12.1. The Morgan fingerprint density at radius 1 is 1.53 bits per heavy atom. The number of benzene rings is 1. The molecule has 0 aliphatic heterocycles. The van der Waals surface area contributed by atoms with Crippen molar-refractivity contribution >= 4 is 5.97 Å². The van der Waals surface area contributed by atoms with Crippen molar-refractivity contribution in [1.29, 1.82) is 0 Å². The minimum atomic E-state index is -0.904. The van der Waals surface area contributed by atoms with Crippen LogP contribution in [0.4, 0.5) is 4.39 Å². The van der Waals surface area contributed by atoms with Gasteiger partial charge in [0.25, 0.3) is 0 Å². The van der Waals surface area contributed by atoms with E-state index in [0.29, 0.717) is 13.2 Å². The first-order chi connectivity index (χ1) is 8.02. The Morgan fingerprint density at radius 3 is 2.76 bits per heavy atom. The lowest BCUT2D eigenvalue weighted by Crippen LogP contribution is -2.25. The molecule has 0 atom stereocenters. The molecule has 0 spiro atoms. The summed E-state index contributed by atoms with van der Waals surface area (Å²) in [5.74, 6) is -1.11. The topological polar surface area (TPSA) is 49.8 Å². The molecule has 94 valence electrons. The van der Waals surface area contributed by atoms with E-state index in [9.17, 15) is 9.18 Å². The van der Waals surface area contributed by atoms with Crippen LogP contribution in [0.2, 0.25) is 0 Å². The summed E-state index contributed by atoms with van der Waals surface area (Å²) < 4.78 is 18.6. The third-order valence-corrected chi connectivity index (χ3v) is 2.15. The first-order valence-electron chi connectivity index (χ1n) is 5.34. The van der Waals surface area contributed by atoms with Gasteiger partial charge in [-0.15, -0.1) is 0 Å². The van der Waals surface area contributed by atoms with Gasteiger partial charge in [0, 0.05) is 6.54 Å². The van der Waals surface area contributed by atoms with E-state index in [4.69, 9.17) is 9.84 Å². The summed E-state index contributed by atoms with van der Waals surface area (Å²) in [7, 11) is 1.67. The molecule has 0 fully saturated rings. The van der Waals surface area contributed by atoms with Crippen molar-refractivity contribution in [1.82, 2.24) is 4.90 Å². The number of ether oxygens (including phenoxy) is 1. The van der Waals surface area contributed by atoms with Gasteiger partial charge in [-0.25, -0.2) is 4.39 Å². The molecule has 0 saturated carbocycles. The third kappa shape index (κ3) is 4.40. The van der Waals surface area contributed by atoms with E-state index < -0.39 is 11.8 Å². The van der Waals surface area contributed by atoms with Crippen LogP contribution in [0.3, 0.4) is 0 Å². The van der Waals surface area contributed by atoms with Gasteiger partial charge in [0.2, 0.25) is 0 Å². The molecule has 1 aromatic carbocycles. The van der Waals surface area contributed by atoms with Gasteiger partial charge in [0.1, 0.15) is 0 Å². The van der Waals surface area contributed by atoms with E-state index in [1.807, 2.05) is 0 Å². The van der Waals surface area contributed by atoms with E-state index in [-0.39, 0.29) is 12.3 Å². The number of carboxylic acids is 1. The van der Waals surface area contributed by atoms with Crippen molar-refractivity contribution < 1.29 is 19.0 Å². The Kier molecular flexibility index (Phi) is 4.90. The first kappa shape index (κ1) is 13.4. The van der Waals surface area contributed by atoms with Crippen molar-refractivity contribution in [3.05, 3.63) is 29.6 Å². The van der Waals surface area contributed by atoms with Gasteiger partial charge < -0.3 is 9.84 Å². The standard InChI is InChI=1S/C12H16FNO3/c1-3-17-11-5-4-9(6-10(11)13)7-14(2)8-12(15)16/h4-6H,3,7-8H2,1-2H3,(H,15,16). The lowest BCUT2D eigenvalue weighted by molar-refractivity contribution is -0.138. The normalized spacial score (nSPS) is 10.6. The highest BCUT2D eigenvalue weighted by Gasteiger charge is 2.08. The molecule has 1 N–H and O–H groups in total. The molecule has 0 saturated heterocycles. The quantitative estimate of drug-likeness (QED) is 0.824. The van der Waals surface area contributed by atoms with Crippen LogP contribution in [0, 0.1) is 5.82 Å². The van der Waals surface area contributed by atoms with Crippen LogP contribution in [0.5, 0.6) is 5.75 Å². The Morgan fingerprint density at radius 2 is 2.24 bits per heavy atom. The van der Waals surface area contributed by atoms with Crippen LogP contribution in [0.25, 0.3) is 0 Å². The van der Waals surface area contributed by atoms with Gasteiger partial charge in [-0.05, 0) is 31.7 Å². The highest BCUT2D eigenvalue weighted by atomic mass is 19.1. The van der Waals surface area contributed by atoms with Crippen molar-refractivity contribution in [3.8, 4) is 5.75 Å². The number of rotatable bonds is 6. The van der Waals surface area contributed by atoms with E-state index >= 15 is 0 Å². The van der Waals surface area contributed by atoms with Gasteiger partial charge in [0.15, 0.2) is 11.6 Å². The number of carboxylic acid groups (broad SMARTS) is 1. The molecule has 17 heavy (non-hydrogen) atoms. The summed E-state index contributed by atoms with van der Waals surface area (Å²) >= 11 is 0. The first-order valence-corrected chi connectivity index (χ1v) is 5.34. The van der Waals surface area contributed by atoms with E-state index in [1.54, 1.807) is 31.0 Å². The zero-order valence-electron chi connectivity index (χ0n) is 9.94. The van der Waals surface area contributed by atoms with Crippen molar-refractivity contribution in [3.63, 3.8) is 0 Å². The molecule has 0 amide bonds. The van der Waals surface area contributed by atoms with Gasteiger partial charge in [-0.2, -0.15) is 0 Å². The van der Waals surface area contributed by atoms with E-state index in [0.717, 1.165) is 5.56 Å². The molecule has 0 aliphatic rings. The van der Waals surface area contributed by atoms with E-state index in [2.05, 4.69) is 0 Å². The average molecular weight is 241 g/mol. The molecule has 0 heterocycles. The zero-order valence-corrected chi connectivity index (χ0v) is 9.94. The summed E-state index contributed by atoms with van der Waals surface area (Å²) in [6.45, 7) is 2.51. The lowest BCUT2D eigenvalue weighted by Gasteiger charge is -2.14. The molecular weight excluding hydrogens is 225 g/mol. The summed E-state index contributed by atoms with van der Waals surface area (Å²) in [6.07, 6.45) is 0. The van der Waals surface area contributed by atoms with Gasteiger partial charge in [-0.3, -0.25) is 9.69 Å². The fourth-order valence-corrected chi connectivity index (χ4v) is 1.51. The van der Waals surface area contributed by atoms with Crippen LogP contribution in [0.1, 0.15) is 12.5 Å². The largest absolute Gasteiger partial charge is 0.491 e. The molecule has 0 unspecified atom stereocenters. The number of halogens is 1. The Hall–Kier alpha value is -1.62. The fourth-order valence-electron chi connectivity index (χ4n) is 1.51. The number of likely N-dealkylation sites (N-methyl/N-ethyl adjacent to an activating group) is 1. The molecule has 1 aromatic rings. The van der Waals surface area contributed by atoms with Crippen molar-refractivity contribution in [2.24, 2.45) is 0 Å². The van der Waals surface area contributed by atoms with Crippen LogP contribution in [-0.4, -0.2) is 36.2 Å². The van der Waals surface area contributed by atoms with Crippen LogP contribution in [-0.2, 0) is 11.3 Å². The second kappa shape index (κ2) is 6.20. The monoisotopic (exact) mass is 241 g/mol. The second-order valence-corrected chi connectivity index (χ2v) is 3.76. The van der Waals surface area contributed by atoms with Crippen LogP contribution >= 0.6 is 0 Å². The van der Waals surface area contributed by atoms with Crippen LogP contribution in [0.15, 0.2) is 18.2 Å². The summed E-state index contributed by atoms with van der Waals surface area (Å²) in [6, 6.07) is 4.65. The SMILES string of the molecule is CCOc1ccc(CN(C)CC(=O)O)cc1F. The number of carbonyl (C=O) groups is 1. The summed E-state index contributed by atoms with van der Waals surface area (Å²) in [5.41, 5.74) is 0.717. The van der Waals surface area contributed by atoms with Gasteiger partial charge in [0.05, 0.1) is 13.2 Å². The van der Waals surface area contributed by atoms with E-state index in [1.165, 1.54) is 6.07 Å². The maximum Gasteiger partial charge on any atom is 0.317 e. The third-order valence-electron chi connectivity index (χ3n) is 2.15. The van der Waals surface area contributed by atoms with Gasteiger partial charge >= 0.3 is 5.97 Å². The molecule has 5 heteroatoms. The molecule has 4 nitrogen and oxygen atoms in total. The molecule has 0 aromatic heterocycles.